The summed E-state index contributed by atoms with van der Waals surface area (Å²) in [5.41, 5.74) is 9.15. The Morgan fingerprint density at radius 3 is 2.71 bits per heavy atom. The van der Waals surface area contributed by atoms with Crippen LogP contribution < -0.4 is 11.1 Å². The second-order valence-corrected chi connectivity index (χ2v) is 5.59. The molecular formula is C15H24N2. The smallest absolute Gasteiger partial charge is 0.0365 e. The van der Waals surface area contributed by atoms with Crippen LogP contribution >= 0.6 is 0 Å². The average molecular weight is 232 g/mol. The molecule has 0 bridgehead atoms. The summed E-state index contributed by atoms with van der Waals surface area (Å²) >= 11 is 0. The van der Waals surface area contributed by atoms with Crippen LogP contribution in [0.1, 0.15) is 44.6 Å². The van der Waals surface area contributed by atoms with Gasteiger partial charge in [0, 0.05) is 17.4 Å². The molecule has 2 rings (SSSR count). The number of nitrogen functional groups attached to an aromatic ring is 1. The van der Waals surface area contributed by atoms with Crippen molar-refractivity contribution >= 4 is 11.4 Å². The van der Waals surface area contributed by atoms with Crippen molar-refractivity contribution in [1.29, 1.82) is 0 Å². The van der Waals surface area contributed by atoms with Crippen LogP contribution in [0.5, 0.6) is 0 Å². The quantitative estimate of drug-likeness (QED) is 0.598. The van der Waals surface area contributed by atoms with E-state index >= 15 is 0 Å². The number of aryl methyl sites for hydroxylation is 1. The lowest BCUT2D eigenvalue weighted by Crippen LogP contribution is -2.18. The summed E-state index contributed by atoms with van der Waals surface area (Å²) in [7, 11) is 0. The first-order valence-electron chi connectivity index (χ1n) is 6.77. The SMILES string of the molecule is Cc1cc(N)cc(NC2CCCC(C)CC2)c1. The Kier molecular flexibility index (Phi) is 3.93. The Balaban J connectivity index is 1.99. The topological polar surface area (TPSA) is 38.0 Å². The highest BCUT2D eigenvalue weighted by Crippen LogP contribution is 2.26. The van der Waals surface area contributed by atoms with Gasteiger partial charge in [-0.25, -0.2) is 0 Å². The largest absolute Gasteiger partial charge is 0.399 e. The van der Waals surface area contributed by atoms with Gasteiger partial charge >= 0.3 is 0 Å². The molecule has 2 unspecified atom stereocenters. The molecule has 0 aromatic heterocycles. The number of benzene rings is 1. The Bertz CT molecular complexity index is 353. The molecule has 0 saturated heterocycles. The second kappa shape index (κ2) is 5.44. The zero-order chi connectivity index (χ0) is 12.3. The zero-order valence-electron chi connectivity index (χ0n) is 11.0. The monoisotopic (exact) mass is 232 g/mol. The molecule has 0 spiro atoms. The summed E-state index contributed by atoms with van der Waals surface area (Å²) in [5.74, 6) is 0.893. The number of anilines is 2. The van der Waals surface area contributed by atoms with Crippen LogP contribution in [-0.4, -0.2) is 6.04 Å². The van der Waals surface area contributed by atoms with Gasteiger partial charge in [0.05, 0.1) is 0 Å². The molecule has 0 heterocycles. The molecule has 0 aliphatic heterocycles. The number of hydrogen-bond donors (Lipinski definition) is 2. The predicted octanol–water partition coefficient (Wildman–Crippen LogP) is 3.96. The molecule has 1 aromatic carbocycles. The predicted molar refractivity (Wildman–Crippen MR) is 75.3 cm³/mol. The zero-order valence-corrected chi connectivity index (χ0v) is 11.0. The minimum atomic E-state index is 0.626. The van der Waals surface area contributed by atoms with E-state index < -0.39 is 0 Å². The Morgan fingerprint density at radius 1 is 1.12 bits per heavy atom. The van der Waals surface area contributed by atoms with Crippen LogP contribution in [0.3, 0.4) is 0 Å². The van der Waals surface area contributed by atoms with E-state index in [0.29, 0.717) is 6.04 Å². The van der Waals surface area contributed by atoms with E-state index in [1.807, 2.05) is 12.1 Å². The van der Waals surface area contributed by atoms with Gasteiger partial charge < -0.3 is 11.1 Å². The Hall–Kier alpha value is -1.18. The summed E-state index contributed by atoms with van der Waals surface area (Å²) in [5, 5.41) is 3.64. The maximum atomic E-state index is 5.88. The van der Waals surface area contributed by atoms with Gasteiger partial charge in [-0.3, -0.25) is 0 Å². The van der Waals surface area contributed by atoms with Crippen molar-refractivity contribution in [2.75, 3.05) is 11.1 Å². The molecule has 1 aliphatic carbocycles. The highest BCUT2D eigenvalue weighted by Gasteiger charge is 2.15. The summed E-state index contributed by atoms with van der Waals surface area (Å²) in [6.07, 6.45) is 6.65. The van der Waals surface area contributed by atoms with Crippen LogP contribution in [0.2, 0.25) is 0 Å². The lowest BCUT2D eigenvalue weighted by molar-refractivity contribution is 0.502. The molecule has 1 aliphatic rings. The molecule has 94 valence electrons. The van der Waals surface area contributed by atoms with E-state index in [4.69, 9.17) is 5.73 Å². The molecule has 1 fully saturated rings. The molecule has 3 N–H and O–H groups in total. The van der Waals surface area contributed by atoms with Crippen molar-refractivity contribution < 1.29 is 0 Å². The Morgan fingerprint density at radius 2 is 1.94 bits per heavy atom. The fourth-order valence-electron chi connectivity index (χ4n) is 2.76. The van der Waals surface area contributed by atoms with Gasteiger partial charge in [0.1, 0.15) is 0 Å². The van der Waals surface area contributed by atoms with E-state index in [2.05, 4.69) is 25.2 Å². The third-order valence-electron chi connectivity index (χ3n) is 3.73. The van der Waals surface area contributed by atoms with E-state index in [-0.39, 0.29) is 0 Å². The summed E-state index contributed by atoms with van der Waals surface area (Å²) in [4.78, 5) is 0. The minimum absolute atomic E-state index is 0.626. The van der Waals surface area contributed by atoms with Gasteiger partial charge in [-0.2, -0.15) is 0 Å². The third kappa shape index (κ3) is 3.65. The van der Waals surface area contributed by atoms with E-state index in [1.54, 1.807) is 0 Å². The van der Waals surface area contributed by atoms with Crippen LogP contribution in [0.4, 0.5) is 11.4 Å². The molecule has 1 saturated carbocycles. The van der Waals surface area contributed by atoms with Crippen LogP contribution in [0.15, 0.2) is 18.2 Å². The van der Waals surface area contributed by atoms with E-state index in [9.17, 15) is 0 Å². The van der Waals surface area contributed by atoms with Crippen LogP contribution in [0, 0.1) is 12.8 Å². The fraction of sp³-hybridized carbons (Fsp3) is 0.600. The fourth-order valence-corrected chi connectivity index (χ4v) is 2.76. The standard InChI is InChI=1S/C15H24N2/c1-11-4-3-5-14(7-6-11)17-15-9-12(2)8-13(16)10-15/h8-11,14,17H,3-7,16H2,1-2H3. The molecule has 1 aromatic rings. The maximum Gasteiger partial charge on any atom is 0.0365 e. The van der Waals surface area contributed by atoms with Gasteiger partial charge in [0.2, 0.25) is 0 Å². The van der Waals surface area contributed by atoms with Crippen LogP contribution in [-0.2, 0) is 0 Å². The number of nitrogens with one attached hydrogen (secondary N) is 1. The second-order valence-electron chi connectivity index (χ2n) is 5.59. The van der Waals surface area contributed by atoms with Gasteiger partial charge in [-0.05, 0) is 55.9 Å². The molecule has 2 atom stereocenters. The number of nitrogens with two attached hydrogens (primary N) is 1. The molecule has 2 nitrogen and oxygen atoms in total. The summed E-state index contributed by atoms with van der Waals surface area (Å²) < 4.78 is 0. The lowest BCUT2D eigenvalue weighted by Gasteiger charge is -2.18. The van der Waals surface area contributed by atoms with E-state index in [1.165, 1.54) is 43.4 Å². The molecule has 0 radical (unpaired) electrons. The molecule has 2 heteroatoms. The minimum Gasteiger partial charge on any atom is -0.399 e. The first kappa shape index (κ1) is 12.3. The molecule has 0 amide bonds. The van der Waals surface area contributed by atoms with Gasteiger partial charge in [-0.1, -0.05) is 19.8 Å². The van der Waals surface area contributed by atoms with Crippen molar-refractivity contribution in [3.63, 3.8) is 0 Å². The summed E-state index contributed by atoms with van der Waals surface area (Å²) in [6, 6.07) is 6.87. The van der Waals surface area contributed by atoms with Gasteiger partial charge in [0.25, 0.3) is 0 Å². The molecular weight excluding hydrogens is 208 g/mol. The lowest BCUT2D eigenvalue weighted by atomic mass is 10.0. The highest BCUT2D eigenvalue weighted by atomic mass is 14.9. The number of hydrogen-bond acceptors (Lipinski definition) is 2. The van der Waals surface area contributed by atoms with Crippen molar-refractivity contribution in [1.82, 2.24) is 0 Å². The molecule has 17 heavy (non-hydrogen) atoms. The van der Waals surface area contributed by atoms with Crippen LogP contribution in [0.25, 0.3) is 0 Å². The first-order valence-corrected chi connectivity index (χ1v) is 6.77. The van der Waals surface area contributed by atoms with Gasteiger partial charge in [-0.15, -0.1) is 0 Å². The van der Waals surface area contributed by atoms with Crippen molar-refractivity contribution in [3.8, 4) is 0 Å². The van der Waals surface area contributed by atoms with E-state index in [0.717, 1.165) is 11.6 Å². The first-order chi connectivity index (χ1) is 8.13. The van der Waals surface area contributed by atoms with Crippen molar-refractivity contribution in [3.05, 3.63) is 23.8 Å². The van der Waals surface area contributed by atoms with Gasteiger partial charge in [0.15, 0.2) is 0 Å². The van der Waals surface area contributed by atoms with Crippen molar-refractivity contribution in [2.24, 2.45) is 5.92 Å². The highest BCUT2D eigenvalue weighted by molar-refractivity contribution is 5.57. The summed E-state index contributed by atoms with van der Waals surface area (Å²) in [6.45, 7) is 4.46. The Labute approximate surface area is 105 Å². The maximum absolute atomic E-state index is 5.88. The average Bonchev–Trinajstić information content (AvgIpc) is 2.42. The normalized spacial score (nSPS) is 25.3. The van der Waals surface area contributed by atoms with Crippen molar-refractivity contribution in [2.45, 2.75) is 52.0 Å². The third-order valence-corrected chi connectivity index (χ3v) is 3.73. The number of rotatable bonds is 2.